The van der Waals surface area contributed by atoms with Gasteiger partial charge in [-0.2, -0.15) is 0 Å². The average molecular weight is 306 g/mol. The minimum atomic E-state index is -4.45. The third kappa shape index (κ3) is 5.48. The first-order valence-corrected chi connectivity index (χ1v) is 7.54. The zero-order valence-corrected chi connectivity index (χ0v) is 12.3. The van der Waals surface area contributed by atoms with Gasteiger partial charge < -0.3 is 28.7 Å². The van der Waals surface area contributed by atoms with Crippen molar-refractivity contribution in [2.45, 2.75) is 0 Å². The monoisotopic (exact) mass is 306 g/mol. The lowest BCUT2D eigenvalue weighted by atomic mass is 10.3. The highest BCUT2D eigenvalue weighted by molar-refractivity contribution is 7.60. The molecule has 0 amide bonds. The summed E-state index contributed by atoms with van der Waals surface area (Å²) in [4.78, 5) is 18.7. The molecule has 114 valence electrons. The fourth-order valence-electron chi connectivity index (χ4n) is 1.41. The van der Waals surface area contributed by atoms with Gasteiger partial charge in [-0.15, -0.1) is 0 Å². The molecule has 0 fully saturated rings. The molecule has 7 nitrogen and oxygen atoms in total. The van der Waals surface area contributed by atoms with Crippen molar-refractivity contribution < 1.29 is 33.3 Å². The van der Waals surface area contributed by atoms with Crippen LogP contribution in [0.1, 0.15) is 0 Å². The second-order valence-electron chi connectivity index (χ2n) is 3.86. The Balaban J connectivity index is 2.86. The highest BCUT2D eigenvalue weighted by Crippen LogP contribution is 2.38. The quantitative estimate of drug-likeness (QED) is 0.508. The van der Waals surface area contributed by atoms with Crippen LogP contribution in [0.15, 0.2) is 18.2 Å². The van der Waals surface area contributed by atoms with Gasteiger partial charge in [0.05, 0.1) is 13.2 Å². The normalized spacial score (nSPS) is 11.4. The van der Waals surface area contributed by atoms with Gasteiger partial charge in [0.25, 0.3) is 0 Å². The molecule has 8 heteroatoms. The molecular weight excluding hydrogens is 287 g/mol. The van der Waals surface area contributed by atoms with Crippen molar-refractivity contribution in [2.75, 3.05) is 40.6 Å². The van der Waals surface area contributed by atoms with E-state index in [1.807, 2.05) is 0 Å². The number of hydrogen-bond donors (Lipinski definition) is 2. The topological polar surface area (TPSA) is 94.5 Å². The first kappa shape index (κ1) is 16.9. The molecule has 1 aromatic carbocycles. The van der Waals surface area contributed by atoms with Crippen LogP contribution in [0.3, 0.4) is 0 Å². The molecule has 0 aliphatic heterocycles. The van der Waals surface area contributed by atoms with Crippen LogP contribution in [0.5, 0.6) is 11.5 Å². The highest BCUT2D eigenvalue weighted by atomic mass is 31.2. The van der Waals surface area contributed by atoms with E-state index in [4.69, 9.17) is 18.9 Å². The van der Waals surface area contributed by atoms with E-state index in [2.05, 4.69) is 0 Å². The van der Waals surface area contributed by atoms with Crippen molar-refractivity contribution in [3.8, 4) is 11.5 Å². The van der Waals surface area contributed by atoms with Crippen molar-refractivity contribution in [2.24, 2.45) is 0 Å². The molecule has 0 aliphatic rings. The lowest BCUT2D eigenvalue weighted by Gasteiger charge is -2.14. The fourth-order valence-corrected chi connectivity index (χ4v) is 2.14. The zero-order valence-electron chi connectivity index (χ0n) is 11.4. The molecule has 0 aromatic heterocycles. The maximum absolute atomic E-state index is 11.5. The minimum absolute atomic E-state index is 0.120. The Bertz CT molecular complexity index is 457. The van der Waals surface area contributed by atoms with Crippen LogP contribution in [0.2, 0.25) is 0 Å². The molecule has 1 aromatic rings. The molecule has 0 unspecified atom stereocenters. The van der Waals surface area contributed by atoms with E-state index in [0.717, 1.165) is 0 Å². The summed E-state index contributed by atoms with van der Waals surface area (Å²) in [5, 5.41) is -0.205. The highest BCUT2D eigenvalue weighted by Gasteiger charge is 2.23. The van der Waals surface area contributed by atoms with Gasteiger partial charge in [-0.3, -0.25) is 4.57 Å². The summed E-state index contributed by atoms with van der Waals surface area (Å²) in [7, 11) is -1.39. The molecule has 0 atom stereocenters. The molecule has 2 N–H and O–H groups in total. The number of benzene rings is 1. The van der Waals surface area contributed by atoms with Crippen molar-refractivity contribution in [1.29, 1.82) is 0 Å². The Morgan fingerprint density at radius 3 is 2.15 bits per heavy atom. The second kappa shape index (κ2) is 8.24. The maximum atomic E-state index is 11.5. The predicted molar refractivity (Wildman–Crippen MR) is 72.9 cm³/mol. The minimum Gasteiger partial charge on any atom is -0.491 e. The predicted octanol–water partition coefficient (Wildman–Crippen LogP) is 0.540. The SMILES string of the molecule is COCCOc1ccc(OCCOC)c(P(=O)(O)O)c1. The summed E-state index contributed by atoms with van der Waals surface area (Å²) in [6.45, 7) is 1.21. The second-order valence-corrected chi connectivity index (χ2v) is 5.43. The molecular formula is C12H19O7P. The van der Waals surface area contributed by atoms with Crippen molar-refractivity contribution in [3.63, 3.8) is 0 Å². The molecule has 1 rings (SSSR count). The summed E-state index contributed by atoms with van der Waals surface area (Å²) < 4.78 is 31.7. The molecule has 0 aliphatic carbocycles. The van der Waals surface area contributed by atoms with Crippen LogP contribution in [0, 0.1) is 0 Å². The number of ether oxygens (including phenoxy) is 4. The van der Waals surface area contributed by atoms with Crippen LogP contribution >= 0.6 is 7.60 Å². The third-order valence-corrected chi connectivity index (χ3v) is 3.32. The third-order valence-electron chi connectivity index (χ3n) is 2.35. The molecule has 0 radical (unpaired) electrons. The van der Waals surface area contributed by atoms with Gasteiger partial charge in [0.15, 0.2) is 0 Å². The van der Waals surface area contributed by atoms with Crippen molar-refractivity contribution >= 4 is 12.9 Å². The molecule has 0 spiro atoms. The van der Waals surface area contributed by atoms with E-state index in [0.29, 0.717) is 25.6 Å². The average Bonchev–Trinajstić information content (AvgIpc) is 2.39. The van der Waals surface area contributed by atoms with Gasteiger partial charge in [-0.1, -0.05) is 0 Å². The van der Waals surface area contributed by atoms with E-state index in [1.54, 1.807) is 6.07 Å². The van der Waals surface area contributed by atoms with Gasteiger partial charge in [0, 0.05) is 14.2 Å². The Morgan fingerprint density at radius 2 is 1.60 bits per heavy atom. The summed E-state index contributed by atoms with van der Waals surface area (Å²) >= 11 is 0. The Labute approximate surface area is 117 Å². The van der Waals surface area contributed by atoms with E-state index in [-0.39, 0.29) is 17.7 Å². The van der Waals surface area contributed by atoms with Gasteiger partial charge in [-0.05, 0) is 18.2 Å². The van der Waals surface area contributed by atoms with Crippen LogP contribution < -0.4 is 14.8 Å². The van der Waals surface area contributed by atoms with E-state index in [1.165, 1.54) is 26.4 Å². The first-order valence-electron chi connectivity index (χ1n) is 5.92. The number of methoxy groups -OCH3 is 2. The van der Waals surface area contributed by atoms with Gasteiger partial charge >= 0.3 is 7.60 Å². The molecule has 0 saturated heterocycles. The largest absolute Gasteiger partial charge is 0.491 e. The number of rotatable bonds is 9. The van der Waals surface area contributed by atoms with Crippen LogP contribution in [0.4, 0.5) is 0 Å². The van der Waals surface area contributed by atoms with Crippen LogP contribution in [-0.2, 0) is 14.0 Å². The van der Waals surface area contributed by atoms with Gasteiger partial charge in [-0.25, -0.2) is 0 Å². The maximum Gasteiger partial charge on any atom is 0.360 e. The Kier molecular flexibility index (Phi) is 6.98. The lowest BCUT2D eigenvalue weighted by Crippen LogP contribution is -2.14. The standard InChI is InChI=1S/C12H19O7P/c1-16-5-7-18-10-3-4-11(19-8-6-17-2)12(9-10)20(13,14)15/h3-4,9H,5-8H2,1-2H3,(H2,13,14,15). The molecule has 20 heavy (non-hydrogen) atoms. The summed E-state index contributed by atoms with van der Waals surface area (Å²) in [6.07, 6.45) is 0. The number of hydrogen-bond acceptors (Lipinski definition) is 5. The van der Waals surface area contributed by atoms with Crippen LogP contribution in [-0.4, -0.2) is 50.4 Å². The smallest absolute Gasteiger partial charge is 0.360 e. The van der Waals surface area contributed by atoms with E-state index in [9.17, 15) is 14.4 Å². The first-order chi connectivity index (χ1) is 9.49. The van der Waals surface area contributed by atoms with Crippen LogP contribution in [0.25, 0.3) is 0 Å². The summed E-state index contributed by atoms with van der Waals surface area (Å²) in [5.41, 5.74) is 0. The fraction of sp³-hybridized carbons (Fsp3) is 0.500. The van der Waals surface area contributed by atoms with E-state index >= 15 is 0 Å². The van der Waals surface area contributed by atoms with E-state index < -0.39 is 7.60 Å². The molecule has 0 saturated carbocycles. The summed E-state index contributed by atoms with van der Waals surface area (Å²) in [6, 6.07) is 4.32. The van der Waals surface area contributed by atoms with Gasteiger partial charge in [0.1, 0.15) is 30.0 Å². The van der Waals surface area contributed by atoms with Gasteiger partial charge in [0.2, 0.25) is 0 Å². The summed E-state index contributed by atoms with van der Waals surface area (Å²) in [5.74, 6) is 0.467. The molecule has 0 bridgehead atoms. The molecule has 0 heterocycles. The van der Waals surface area contributed by atoms with Crippen molar-refractivity contribution in [1.82, 2.24) is 0 Å². The Hall–Kier alpha value is -1.11. The lowest BCUT2D eigenvalue weighted by molar-refractivity contribution is 0.144. The zero-order chi connectivity index (χ0) is 15.0. The Morgan fingerprint density at radius 1 is 1.00 bits per heavy atom. The van der Waals surface area contributed by atoms with Crippen molar-refractivity contribution in [3.05, 3.63) is 18.2 Å².